The number of hydrogen-bond donors (Lipinski definition) is 1. The Morgan fingerprint density at radius 1 is 1.47 bits per heavy atom. The van der Waals surface area contributed by atoms with Crippen LogP contribution in [0.4, 0.5) is 5.69 Å². The third-order valence-corrected chi connectivity index (χ3v) is 4.05. The summed E-state index contributed by atoms with van der Waals surface area (Å²) < 4.78 is 0. The molecule has 2 heterocycles. The van der Waals surface area contributed by atoms with Gasteiger partial charge in [0.15, 0.2) is 0 Å². The van der Waals surface area contributed by atoms with Gasteiger partial charge in [0.1, 0.15) is 5.15 Å². The van der Waals surface area contributed by atoms with Gasteiger partial charge in [0, 0.05) is 6.04 Å². The lowest BCUT2D eigenvalue weighted by molar-refractivity contribution is 0.666. The minimum absolute atomic E-state index is 0.597. The van der Waals surface area contributed by atoms with Crippen molar-refractivity contribution in [1.29, 1.82) is 0 Å². The number of hydrogen-bond acceptors (Lipinski definition) is 3. The summed E-state index contributed by atoms with van der Waals surface area (Å²) in [6.45, 7) is 1.98. The average Bonchev–Trinajstić information content (AvgIpc) is 2.25. The van der Waals surface area contributed by atoms with Gasteiger partial charge in [-0.3, -0.25) is 0 Å². The van der Waals surface area contributed by atoms with Gasteiger partial charge < -0.3 is 5.32 Å². The van der Waals surface area contributed by atoms with E-state index in [2.05, 4.69) is 16.4 Å². The van der Waals surface area contributed by atoms with Crippen LogP contribution in [-0.4, -0.2) is 22.5 Å². The summed E-state index contributed by atoms with van der Waals surface area (Å²) in [5.41, 5.74) is 2.13. The maximum atomic E-state index is 5.88. The quantitative estimate of drug-likeness (QED) is 0.806. The second-order valence-electron chi connectivity index (χ2n) is 3.86. The topological polar surface area (TPSA) is 24.9 Å². The summed E-state index contributed by atoms with van der Waals surface area (Å²) in [6.07, 6.45) is 4.30. The van der Waals surface area contributed by atoms with Crippen molar-refractivity contribution in [2.24, 2.45) is 0 Å². The number of aromatic nitrogens is 1. The Balaban J connectivity index is 2.00. The summed E-state index contributed by atoms with van der Waals surface area (Å²) >= 11 is 7.92. The van der Waals surface area contributed by atoms with Crippen LogP contribution in [0.25, 0.3) is 0 Å². The molecule has 4 heteroatoms. The zero-order valence-corrected chi connectivity index (χ0v) is 10.4. The molecule has 1 fully saturated rings. The van der Waals surface area contributed by atoms with E-state index in [0.29, 0.717) is 11.2 Å². The normalized spacial score (nSPS) is 17.7. The Hall–Kier alpha value is -0.410. The first-order valence-electron chi connectivity index (χ1n) is 5.22. The number of pyridine rings is 1. The average molecular weight is 243 g/mol. The second-order valence-corrected chi connectivity index (χ2v) is 5.45. The molecule has 15 heavy (non-hydrogen) atoms. The SMILES string of the molecule is Cc1cc(NC2CCSCC2)cnc1Cl. The van der Waals surface area contributed by atoms with Crippen molar-refractivity contribution in [1.82, 2.24) is 4.98 Å². The van der Waals surface area contributed by atoms with Crippen molar-refractivity contribution in [2.75, 3.05) is 16.8 Å². The Bertz CT molecular complexity index is 337. The molecule has 0 bridgehead atoms. The molecule has 2 nitrogen and oxygen atoms in total. The van der Waals surface area contributed by atoms with Gasteiger partial charge in [-0.05, 0) is 42.9 Å². The van der Waals surface area contributed by atoms with Crippen molar-refractivity contribution >= 4 is 29.1 Å². The maximum absolute atomic E-state index is 5.88. The van der Waals surface area contributed by atoms with Crippen LogP contribution in [0.3, 0.4) is 0 Å². The van der Waals surface area contributed by atoms with E-state index in [1.807, 2.05) is 24.9 Å². The maximum Gasteiger partial charge on any atom is 0.132 e. The third-order valence-electron chi connectivity index (χ3n) is 2.61. The van der Waals surface area contributed by atoms with Gasteiger partial charge in [-0.1, -0.05) is 11.6 Å². The molecule has 1 aliphatic rings. The summed E-state index contributed by atoms with van der Waals surface area (Å²) in [6, 6.07) is 2.67. The molecule has 0 radical (unpaired) electrons. The lowest BCUT2D eigenvalue weighted by Gasteiger charge is -2.23. The van der Waals surface area contributed by atoms with Gasteiger partial charge in [-0.2, -0.15) is 11.8 Å². The standard InChI is InChI=1S/C11H15ClN2S/c1-8-6-10(7-13-11(8)12)14-9-2-4-15-5-3-9/h6-7,9,14H,2-5H2,1H3. The molecule has 1 aliphatic heterocycles. The van der Waals surface area contributed by atoms with Gasteiger partial charge in [-0.25, -0.2) is 4.98 Å². The lowest BCUT2D eigenvalue weighted by Crippen LogP contribution is -2.24. The van der Waals surface area contributed by atoms with Gasteiger partial charge >= 0.3 is 0 Å². The molecule has 1 saturated heterocycles. The Morgan fingerprint density at radius 2 is 2.20 bits per heavy atom. The molecular formula is C11H15ClN2S. The smallest absolute Gasteiger partial charge is 0.132 e. The number of nitrogens with zero attached hydrogens (tertiary/aromatic N) is 1. The van der Waals surface area contributed by atoms with Crippen molar-refractivity contribution in [3.63, 3.8) is 0 Å². The minimum Gasteiger partial charge on any atom is -0.381 e. The molecule has 1 aromatic heterocycles. The second kappa shape index (κ2) is 5.08. The predicted octanol–water partition coefficient (Wildman–Crippen LogP) is 3.35. The summed E-state index contributed by atoms with van der Waals surface area (Å²) in [5.74, 6) is 2.52. The van der Waals surface area contributed by atoms with E-state index >= 15 is 0 Å². The summed E-state index contributed by atoms with van der Waals surface area (Å²) in [4.78, 5) is 4.14. The first-order valence-corrected chi connectivity index (χ1v) is 6.75. The van der Waals surface area contributed by atoms with E-state index in [1.54, 1.807) is 0 Å². The largest absolute Gasteiger partial charge is 0.381 e. The van der Waals surface area contributed by atoms with Gasteiger partial charge in [0.05, 0.1) is 11.9 Å². The third kappa shape index (κ3) is 3.02. The van der Waals surface area contributed by atoms with Crippen LogP contribution in [0.15, 0.2) is 12.3 Å². The first kappa shape index (κ1) is 11.1. The molecule has 0 amide bonds. The Labute approximate surface area is 99.8 Å². The fourth-order valence-corrected chi connectivity index (χ4v) is 2.92. The molecular weight excluding hydrogens is 228 g/mol. The van der Waals surface area contributed by atoms with Gasteiger partial charge in [-0.15, -0.1) is 0 Å². The highest BCUT2D eigenvalue weighted by Gasteiger charge is 2.13. The summed E-state index contributed by atoms with van der Waals surface area (Å²) in [5, 5.41) is 4.11. The highest BCUT2D eigenvalue weighted by molar-refractivity contribution is 7.99. The monoisotopic (exact) mass is 242 g/mol. The van der Waals surface area contributed by atoms with Crippen LogP contribution in [0.1, 0.15) is 18.4 Å². The van der Waals surface area contributed by atoms with Crippen molar-refractivity contribution in [3.05, 3.63) is 23.0 Å². The molecule has 0 saturated carbocycles. The van der Waals surface area contributed by atoms with Crippen LogP contribution in [0, 0.1) is 6.92 Å². The Morgan fingerprint density at radius 3 is 2.87 bits per heavy atom. The number of rotatable bonds is 2. The van der Waals surface area contributed by atoms with Crippen molar-refractivity contribution in [3.8, 4) is 0 Å². The van der Waals surface area contributed by atoms with Crippen LogP contribution >= 0.6 is 23.4 Å². The van der Waals surface area contributed by atoms with E-state index in [9.17, 15) is 0 Å². The van der Waals surface area contributed by atoms with Gasteiger partial charge in [0.25, 0.3) is 0 Å². The predicted molar refractivity (Wildman–Crippen MR) is 68.0 cm³/mol. The number of anilines is 1. The van der Waals surface area contributed by atoms with E-state index in [0.717, 1.165) is 11.3 Å². The van der Waals surface area contributed by atoms with Crippen molar-refractivity contribution in [2.45, 2.75) is 25.8 Å². The number of aryl methyl sites for hydroxylation is 1. The summed E-state index contributed by atoms with van der Waals surface area (Å²) in [7, 11) is 0. The number of thioether (sulfide) groups is 1. The minimum atomic E-state index is 0.597. The van der Waals surface area contributed by atoms with E-state index in [1.165, 1.54) is 24.3 Å². The van der Waals surface area contributed by atoms with E-state index < -0.39 is 0 Å². The zero-order valence-electron chi connectivity index (χ0n) is 8.79. The Kier molecular flexibility index (Phi) is 3.76. The van der Waals surface area contributed by atoms with Crippen LogP contribution in [-0.2, 0) is 0 Å². The zero-order chi connectivity index (χ0) is 10.7. The molecule has 0 aromatic carbocycles. The molecule has 82 valence electrons. The number of nitrogens with one attached hydrogen (secondary N) is 1. The first-order chi connectivity index (χ1) is 7.25. The van der Waals surface area contributed by atoms with Crippen LogP contribution < -0.4 is 5.32 Å². The highest BCUT2D eigenvalue weighted by Crippen LogP contribution is 2.22. The van der Waals surface area contributed by atoms with E-state index in [4.69, 9.17) is 11.6 Å². The molecule has 0 aliphatic carbocycles. The van der Waals surface area contributed by atoms with Crippen LogP contribution in [0.2, 0.25) is 5.15 Å². The van der Waals surface area contributed by atoms with Crippen molar-refractivity contribution < 1.29 is 0 Å². The number of halogens is 1. The fraction of sp³-hybridized carbons (Fsp3) is 0.545. The van der Waals surface area contributed by atoms with Crippen LogP contribution in [0.5, 0.6) is 0 Å². The van der Waals surface area contributed by atoms with Gasteiger partial charge in [0.2, 0.25) is 0 Å². The molecule has 0 atom stereocenters. The molecule has 1 N–H and O–H groups in total. The molecule has 0 spiro atoms. The molecule has 1 aromatic rings. The molecule has 0 unspecified atom stereocenters. The molecule has 2 rings (SSSR count). The fourth-order valence-electron chi connectivity index (χ4n) is 1.71. The lowest BCUT2D eigenvalue weighted by atomic mass is 10.1. The highest BCUT2D eigenvalue weighted by atomic mass is 35.5. The van der Waals surface area contributed by atoms with E-state index in [-0.39, 0.29) is 0 Å².